The Morgan fingerprint density at radius 1 is 1.04 bits per heavy atom. The summed E-state index contributed by atoms with van der Waals surface area (Å²) < 4.78 is 13.1. The number of carbonyl (C=O) groups excluding carboxylic acids is 1. The van der Waals surface area contributed by atoms with E-state index in [-0.39, 0.29) is 11.5 Å². The Morgan fingerprint density at radius 2 is 1.88 bits per heavy atom. The smallest absolute Gasteiger partial charge is 0.257 e. The summed E-state index contributed by atoms with van der Waals surface area (Å²) >= 11 is 1.35. The molecule has 1 heterocycles. The molecule has 4 nitrogen and oxygen atoms in total. The van der Waals surface area contributed by atoms with E-state index in [1.807, 2.05) is 18.2 Å². The van der Waals surface area contributed by atoms with E-state index in [9.17, 15) is 9.18 Å². The van der Waals surface area contributed by atoms with Crippen LogP contribution in [0.4, 0.5) is 9.52 Å². The highest BCUT2D eigenvalue weighted by atomic mass is 32.1. The summed E-state index contributed by atoms with van der Waals surface area (Å²) in [6.45, 7) is 0. The summed E-state index contributed by atoms with van der Waals surface area (Å²) in [7, 11) is 0. The second-order valence-corrected chi connectivity index (χ2v) is 6.37. The van der Waals surface area contributed by atoms with Gasteiger partial charge in [0.2, 0.25) is 5.13 Å². The first kappa shape index (κ1) is 16.3. The van der Waals surface area contributed by atoms with E-state index in [2.05, 4.69) is 27.6 Å². The number of halogens is 1. The largest absolute Gasteiger partial charge is 0.296 e. The van der Waals surface area contributed by atoms with Gasteiger partial charge in [0, 0.05) is 12.0 Å². The molecule has 122 valence electrons. The lowest BCUT2D eigenvalue weighted by Gasteiger charge is -2.00. The molecule has 0 radical (unpaired) electrons. The maximum Gasteiger partial charge on any atom is 0.257 e. The van der Waals surface area contributed by atoms with Crippen LogP contribution in [0.2, 0.25) is 0 Å². The molecule has 0 unspecified atom stereocenters. The minimum absolute atomic E-state index is 0.260. The Morgan fingerprint density at radius 3 is 2.67 bits per heavy atom. The van der Waals surface area contributed by atoms with Crippen LogP contribution < -0.4 is 5.32 Å². The SMILES string of the molecule is O=C(Nc1nnc(CCCc2ccccc2)s1)c1cccc(F)c1. The van der Waals surface area contributed by atoms with E-state index in [4.69, 9.17) is 0 Å². The molecule has 1 N–H and O–H groups in total. The average molecular weight is 341 g/mol. The van der Waals surface area contributed by atoms with Crippen LogP contribution in [-0.4, -0.2) is 16.1 Å². The number of anilines is 1. The number of hydrogen-bond acceptors (Lipinski definition) is 4. The predicted molar refractivity (Wildman–Crippen MR) is 92.7 cm³/mol. The van der Waals surface area contributed by atoms with Crippen molar-refractivity contribution >= 4 is 22.4 Å². The summed E-state index contributed by atoms with van der Waals surface area (Å²) in [5, 5.41) is 12.0. The number of hydrogen-bond donors (Lipinski definition) is 1. The monoisotopic (exact) mass is 341 g/mol. The van der Waals surface area contributed by atoms with Gasteiger partial charge in [0.15, 0.2) is 0 Å². The number of rotatable bonds is 6. The fraction of sp³-hybridized carbons (Fsp3) is 0.167. The van der Waals surface area contributed by atoms with Crippen molar-refractivity contribution in [2.24, 2.45) is 0 Å². The van der Waals surface area contributed by atoms with Gasteiger partial charge in [0.1, 0.15) is 10.8 Å². The van der Waals surface area contributed by atoms with Gasteiger partial charge in [0.05, 0.1) is 0 Å². The molecule has 0 aliphatic rings. The van der Waals surface area contributed by atoms with E-state index in [0.717, 1.165) is 24.3 Å². The average Bonchev–Trinajstić information content (AvgIpc) is 3.03. The van der Waals surface area contributed by atoms with E-state index >= 15 is 0 Å². The first-order valence-electron chi connectivity index (χ1n) is 7.64. The molecule has 0 aliphatic heterocycles. The van der Waals surface area contributed by atoms with Gasteiger partial charge >= 0.3 is 0 Å². The minimum Gasteiger partial charge on any atom is -0.296 e. The van der Waals surface area contributed by atoms with Crippen LogP contribution in [0, 0.1) is 5.82 Å². The van der Waals surface area contributed by atoms with Crippen LogP contribution in [0.5, 0.6) is 0 Å². The summed E-state index contributed by atoms with van der Waals surface area (Å²) in [4.78, 5) is 12.0. The molecule has 1 aromatic heterocycles. The molecule has 3 rings (SSSR count). The second kappa shape index (κ2) is 7.79. The summed E-state index contributed by atoms with van der Waals surface area (Å²) in [6, 6.07) is 15.8. The van der Waals surface area contributed by atoms with E-state index < -0.39 is 5.82 Å². The fourth-order valence-corrected chi connectivity index (χ4v) is 3.07. The summed E-state index contributed by atoms with van der Waals surface area (Å²) in [6.07, 6.45) is 2.75. The first-order chi connectivity index (χ1) is 11.7. The van der Waals surface area contributed by atoms with Crippen LogP contribution in [-0.2, 0) is 12.8 Å². The molecule has 0 bridgehead atoms. The van der Waals surface area contributed by atoms with Crippen molar-refractivity contribution in [2.75, 3.05) is 5.32 Å². The zero-order valence-corrected chi connectivity index (χ0v) is 13.7. The van der Waals surface area contributed by atoms with Crippen molar-refractivity contribution < 1.29 is 9.18 Å². The van der Waals surface area contributed by atoms with Crippen molar-refractivity contribution in [3.63, 3.8) is 0 Å². The molecule has 0 fully saturated rings. The summed E-state index contributed by atoms with van der Waals surface area (Å²) in [5.74, 6) is -0.831. The zero-order chi connectivity index (χ0) is 16.8. The van der Waals surface area contributed by atoms with Crippen LogP contribution in [0.1, 0.15) is 27.3 Å². The quantitative estimate of drug-likeness (QED) is 0.734. The zero-order valence-electron chi connectivity index (χ0n) is 12.9. The molecule has 24 heavy (non-hydrogen) atoms. The minimum atomic E-state index is -0.443. The lowest BCUT2D eigenvalue weighted by molar-refractivity contribution is 0.102. The van der Waals surface area contributed by atoms with Gasteiger partial charge in [-0.25, -0.2) is 4.39 Å². The highest BCUT2D eigenvalue weighted by molar-refractivity contribution is 7.15. The lowest BCUT2D eigenvalue weighted by Crippen LogP contribution is -2.11. The van der Waals surface area contributed by atoms with E-state index in [0.29, 0.717) is 5.13 Å². The molecule has 1 amide bonds. The summed E-state index contributed by atoms with van der Waals surface area (Å²) in [5.41, 5.74) is 1.55. The Bertz CT molecular complexity index is 820. The number of benzene rings is 2. The number of aromatic nitrogens is 2. The van der Waals surface area contributed by atoms with Crippen molar-refractivity contribution in [3.8, 4) is 0 Å². The first-order valence-corrected chi connectivity index (χ1v) is 8.45. The molecule has 0 atom stereocenters. The fourth-order valence-electron chi connectivity index (χ4n) is 2.29. The van der Waals surface area contributed by atoms with Crippen LogP contribution in [0.25, 0.3) is 0 Å². The Hall–Kier alpha value is -2.60. The van der Waals surface area contributed by atoms with Crippen LogP contribution in [0.3, 0.4) is 0 Å². The molecular weight excluding hydrogens is 325 g/mol. The van der Waals surface area contributed by atoms with Gasteiger partial charge in [-0.3, -0.25) is 10.1 Å². The van der Waals surface area contributed by atoms with Gasteiger partial charge in [-0.1, -0.05) is 47.7 Å². The Balaban J connectivity index is 1.53. The van der Waals surface area contributed by atoms with Gasteiger partial charge < -0.3 is 0 Å². The third kappa shape index (κ3) is 4.45. The Labute approximate surface area is 143 Å². The third-order valence-corrected chi connectivity index (χ3v) is 4.37. The molecule has 3 aromatic rings. The van der Waals surface area contributed by atoms with Gasteiger partial charge in [-0.15, -0.1) is 10.2 Å². The van der Waals surface area contributed by atoms with Crippen molar-refractivity contribution in [2.45, 2.75) is 19.3 Å². The number of amides is 1. The Kier molecular flexibility index (Phi) is 5.28. The maximum absolute atomic E-state index is 13.1. The number of nitrogens with one attached hydrogen (secondary N) is 1. The van der Waals surface area contributed by atoms with Crippen LogP contribution in [0.15, 0.2) is 54.6 Å². The molecular formula is C18H16FN3OS. The van der Waals surface area contributed by atoms with Crippen molar-refractivity contribution in [1.82, 2.24) is 10.2 Å². The number of aryl methyl sites for hydroxylation is 2. The standard InChI is InChI=1S/C18H16FN3OS/c19-15-10-5-9-14(12-15)17(23)20-18-22-21-16(24-18)11-4-8-13-6-2-1-3-7-13/h1-3,5-7,9-10,12H,4,8,11H2,(H,20,22,23). The molecule has 2 aromatic carbocycles. The number of carbonyl (C=O) groups is 1. The topological polar surface area (TPSA) is 54.9 Å². The molecule has 0 saturated heterocycles. The van der Waals surface area contributed by atoms with E-state index in [1.54, 1.807) is 6.07 Å². The highest BCUT2D eigenvalue weighted by Crippen LogP contribution is 2.18. The maximum atomic E-state index is 13.1. The normalized spacial score (nSPS) is 10.5. The van der Waals surface area contributed by atoms with Gasteiger partial charge in [-0.05, 0) is 36.6 Å². The highest BCUT2D eigenvalue weighted by Gasteiger charge is 2.10. The number of nitrogens with zero attached hydrogens (tertiary/aromatic N) is 2. The van der Waals surface area contributed by atoms with Crippen LogP contribution >= 0.6 is 11.3 Å². The molecule has 0 aliphatic carbocycles. The molecule has 6 heteroatoms. The van der Waals surface area contributed by atoms with Gasteiger partial charge in [0.25, 0.3) is 5.91 Å². The van der Waals surface area contributed by atoms with E-state index in [1.165, 1.54) is 35.1 Å². The molecule has 0 saturated carbocycles. The van der Waals surface area contributed by atoms with Crippen molar-refractivity contribution in [3.05, 3.63) is 76.5 Å². The third-order valence-electron chi connectivity index (χ3n) is 3.47. The second-order valence-electron chi connectivity index (χ2n) is 5.30. The van der Waals surface area contributed by atoms with Crippen molar-refractivity contribution in [1.29, 1.82) is 0 Å². The molecule has 0 spiro atoms. The van der Waals surface area contributed by atoms with Gasteiger partial charge in [-0.2, -0.15) is 0 Å². The lowest BCUT2D eigenvalue weighted by atomic mass is 10.1. The predicted octanol–water partition coefficient (Wildman–Crippen LogP) is 4.10.